The highest BCUT2D eigenvalue weighted by Crippen LogP contribution is 2.66. The molecule has 20 bridgehead atoms. The summed E-state index contributed by atoms with van der Waals surface area (Å²) in [6, 6.07) is 0. The quantitative estimate of drug-likeness (QED) is 0.0633. The van der Waals surface area contributed by atoms with Crippen LogP contribution in [0.25, 0.3) is 0 Å². The number of carbonyl (C=O) groups excluding carboxylic acids is 12. The molecule has 1 amide bonds. The molecule has 125 heavy (non-hydrogen) atoms. The van der Waals surface area contributed by atoms with Crippen molar-refractivity contribution >= 4 is 82.6 Å². The fourth-order valence-electron chi connectivity index (χ4n) is 23.9. The summed E-state index contributed by atoms with van der Waals surface area (Å²) >= 11 is 0. The van der Waals surface area contributed by atoms with E-state index in [1.165, 1.54) is 0 Å². The zero-order valence-electron chi connectivity index (χ0n) is 72.3. The van der Waals surface area contributed by atoms with Gasteiger partial charge in [-0.1, -0.05) is 137 Å². The van der Waals surface area contributed by atoms with Crippen LogP contribution in [0.15, 0.2) is 0 Å². The number of carbonyl (C=O) groups is 12. The molecule has 0 aromatic rings. The summed E-state index contributed by atoms with van der Waals surface area (Å²) < 4.78 is 89.8. The molecule has 0 spiro atoms. The minimum absolute atomic E-state index is 0. The Balaban J connectivity index is 0.000000768. The van der Waals surface area contributed by atoms with Gasteiger partial charge in [-0.25, -0.2) is 13.2 Å². The summed E-state index contributed by atoms with van der Waals surface area (Å²) in [4.78, 5) is 147. The predicted molar refractivity (Wildman–Crippen MR) is 483 cm³/mol. The number of hydrogen-bond donors (Lipinski definition) is 1. The van der Waals surface area contributed by atoms with E-state index >= 15 is 0 Å². The third-order valence-corrected chi connectivity index (χ3v) is 31.5. The number of esters is 10. The Labute approximate surface area is 754 Å². The molecule has 0 aromatic carbocycles. The van der Waals surface area contributed by atoms with E-state index in [0.717, 1.165) is 70.6 Å². The van der Waals surface area contributed by atoms with Gasteiger partial charge in [-0.3, -0.25) is 57.5 Å². The molecule has 10 heterocycles. The van der Waals surface area contributed by atoms with Gasteiger partial charge in [0, 0.05) is 83.5 Å². The average Bonchev–Trinajstić information content (AvgIpc) is 1.63. The van der Waals surface area contributed by atoms with Gasteiger partial charge < -0.3 is 52.1 Å². The van der Waals surface area contributed by atoms with Crippen molar-refractivity contribution in [1.29, 1.82) is 0 Å². The van der Waals surface area contributed by atoms with E-state index < -0.39 is 93.6 Å². The van der Waals surface area contributed by atoms with Crippen molar-refractivity contribution in [3.8, 4) is 0 Å². The van der Waals surface area contributed by atoms with Crippen LogP contribution in [0.3, 0.4) is 0 Å². The smallest absolute Gasteiger partial charge is 0.350 e. The fourth-order valence-corrected chi connectivity index (χ4v) is 25.3. The second-order valence-corrected chi connectivity index (χ2v) is 45.5. The van der Waals surface area contributed by atoms with Crippen molar-refractivity contribution in [3.63, 3.8) is 0 Å². The van der Waals surface area contributed by atoms with Crippen molar-refractivity contribution in [1.82, 2.24) is 4.72 Å². The van der Waals surface area contributed by atoms with Gasteiger partial charge >= 0.3 is 59.7 Å². The monoisotopic (exact) mass is 1800 g/mol. The molecule has 0 radical (unpaired) electrons. The van der Waals surface area contributed by atoms with Crippen molar-refractivity contribution in [2.75, 3.05) is 5.75 Å². The van der Waals surface area contributed by atoms with Gasteiger partial charge in [0.2, 0.25) is 22.0 Å². The molecule has 18 atom stereocenters. The lowest BCUT2D eigenvalue weighted by molar-refractivity contribution is -0.208. The van der Waals surface area contributed by atoms with Crippen LogP contribution in [-0.4, -0.2) is 151 Å². The molecule has 20 rings (SSSR count). The van der Waals surface area contributed by atoms with Crippen LogP contribution in [0.5, 0.6) is 0 Å². The SMILES string of the molecule is C.C.C.C.C.C.C.C.C.C.CCC(C)(C)C(=O)OC12CC3(C)CC(CC(C)(C3)C1)OC2=O.CCC(C)(C)C(=O)OC12CC3CC(C)(C1)CC(C)(C2)C(=O)O3.CCC(C)(C)C(=O)OC12CC3CC(C)(CC(C1)C(=O)O3)C2.CCC(C)(C)C(=O)OC12CC3CC(CS(=O)(=O)NC=O)(CC(C1)C(=O)O3)C2.CCC(C)(C)C(=O)OC12CC3CC(OC=O)(CC(C1)C(=O)O3)C2. The number of ether oxygens (including phenoxy) is 11. The van der Waals surface area contributed by atoms with E-state index in [4.69, 9.17) is 52.1 Å². The molecule has 10 saturated heterocycles. The topological polar surface area (TPSA) is 353 Å². The van der Waals surface area contributed by atoms with E-state index in [2.05, 4.69) is 27.7 Å². The minimum Gasteiger partial charge on any atom is -0.462 e. The van der Waals surface area contributed by atoms with E-state index in [9.17, 15) is 66.0 Å². The van der Waals surface area contributed by atoms with Gasteiger partial charge in [0.25, 0.3) is 6.47 Å². The summed E-state index contributed by atoms with van der Waals surface area (Å²) in [7, 11) is -3.84. The number of rotatable bonds is 21. The highest BCUT2D eigenvalue weighted by molar-refractivity contribution is 7.90. The minimum atomic E-state index is -3.84. The number of nitrogens with one attached hydrogen (secondary N) is 1. The van der Waals surface area contributed by atoms with Gasteiger partial charge in [-0.15, -0.1) is 0 Å². The van der Waals surface area contributed by atoms with Crippen LogP contribution in [0, 0.1) is 77.3 Å². The Hall–Kier alpha value is -6.41. The molecule has 0 aromatic heterocycles. The maximum atomic E-state index is 12.7. The summed E-state index contributed by atoms with van der Waals surface area (Å²) in [5.74, 6) is -3.57. The third kappa shape index (κ3) is 24.1. The summed E-state index contributed by atoms with van der Waals surface area (Å²) in [5.41, 5.74) is -8.42. The Bertz CT molecular complexity index is 3970. The molecule has 27 heteroatoms. The standard InChI is InChI=1S/C18H27NO7S.2C18H28O4.C17H24O6.C17H26O4.10CH4/c1-4-16(2,3)15(22)26-18-6-12-5-17(9-18,10-27(23,24)19-11-20)7-13(8-18)25-14(12)21;1-6-15(2,3)13(19)22-18-8-12-7-16(4,10-18)9-17(5,11-18)14(20)21-12;1-6-15(2,3)13(19)22-18-10-16(4)7-12(21-14(18)20)8-17(5,9-16)11-18;1-4-15(2,3)14(20)23-17-6-11-5-16(9-17,21-10-18)7-12(8-17)22-13(11)19;1-5-15(2,3)14(19)21-17-7-11-6-16(4,10-17)8-12(9-17)20-13(11)18;;;;;;;;;;/h11-13H,4-10H2,1-3H3,(H,19,20);2*12H,6-11H2,1-5H3;10-12H,4-9H2,1-3H3;11-12H,5-10H2,1-4H3;10*1H4. The van der Waals surface area contributed by atoms with Crippen molar-refractivity contribution < 1.29 is 118 Å². The summed E-state index contributed by atoms with van der Waals surface area (Å²) in [6.07, 6.45) is 18.7. The molecule has 10 aliphatic carbocycles. The van der Waals surface area contributed by atoms with Gasteiger partial charge in [0.1, 0.15) is 58.5 Å². The van der Waals surface area contributed by atoms with Crippen LogP contribution < -0.4 is 4.72 Å². The molecule has 10 saturated carbocycles. The number of amides is 1. The highest BCUT2D eigenvalue weighted by atomic mass is 32.2. The highest BCUT2D eigenvalue weighted by Gasteiger charge is 2.69. The maximum Gasteiger partial charge on any atom is 0.350 e. The van der Waals surface area contributed by atoms with Crippen molar-refractivity contribution in [2.24, 2.45) is 77.3 Å². The fraction of sp³-hybridized carbons (Fsp3) is 0.878. The summed E-state index contributed by atoms with van der Waals surface area (Å²) in [5, 5.41) is 0. The van der Waals surface area contributed by atoms with Crippen molar-refractivity contribution in [3.05, 3.63) is 0 Å². The first kappa shape index (κ1) is 117. The molecule has 26 nitrogen and oxygen atoms in total. The molecular formula is C98H173NO25S. The zero-order chi connectivity index (χ0) is 85.2. The van der Waals surface area contributed by atoms with Gasteiger partial charge in [0.15, 0.2) is 0 Å². The van der Waals surface area contributed by atoms with Crippen LogP contribution in [0.1, 0.15) is 405 Å². The van der Waals surface area contributed by atoms with Crippen LogP contribution in [-0.2, 0) is 120 Å². The molecule has 20 aliphatic rings. The van der Waals surface area contributed by atoms with E-state index in [0.29, 0.717) is 128 Å². The molecule has 726 valence electrons. The normalized spacial score (nSPS) is 37.1. The number of hydrogen-bond acceptors (Lipinski definition) is 25. The molecule has 20 fully saturated rings. The van der Waals surface area contributed by atoms with Crippen LogP contribution in [0.2, 0.25) is 0 Å². The van der Waals surface area contributed by atoms with Crippen LogP contribution >= 0.6 is 0 Å². The van der Waals surface area contributed by atoms with Gasteiger partial charge in [0.05, 0.1) is 56.0 Å². The molecule has 18 unspecified atom stereocenters. The maximum absolute atomic E-state index is 12.7. The van der Waals surface area contributed by atoms with Gasteiger partial charge in [-0.05, 0) is 212 Å². The summed E-state index contributed by atoms with van der Waals surface area (Å²) in [6.45, 7) is 39.8. The lowest BCUT2D eigenvalue weighted by Crippen LogP contribution is -2.58. The Morgan fingerprint density at radius 1 is 0.352 bits per heavy atom. The van der Waals surface area contributed by atoms with Crippen LogP contribution in [0.4, 0.5) is 0 Å². The Morgan fingerprint density at radius 3 is 1.09 bits per heavy atom. The second-order valence-electron chi connectivity index (χ2n) is 43.7. The third-order valence-electron chi connectivity index (χ3n) is 30.1. The lowest BCUT2D eigenvalue weighted by atomic mass is 9.52. The van der Waals surface area contributed by atoms with Crippen molar-refractivity contribution in [2.45, 2.75) is 469 Å². The first-order chi connectivity index (χ1) is 52.9. The lowest BCUT2D eigenvalue weighted by Gasteiger charge is -2.54. The predicted octanol–water partition coefficient (Wildman–Crippen LogP) is 20.3. The molecule has 10 aliphatic heterocycles. The van der Waals surface area contributed by atoms with E-state index in [-0.39, 0.29) is 204 Å². The largest absolute Gasteiger partial charge is 0.462 e. The molecular weight excluding hydrogens is 1620 g/mol. The van der Waals surface area contributed by atoms with Gasteiger partial charge in [-0.2, -0.15) is 0 Å². The van der Waals surface area contributed by atoms with E-state index in [1.54, 1.807) is 13.8 Å². The van der Waals surface area contributed by atoms with E-state index in [1.807, 2.05) is 102 Å². The number of fused-ring (bicyclic) bond motifs is 5. The first-order valence-corrected chi connectivity index (χ1v) is 44.3. The Morgan fingerprint density at radius 2 is 0.664 bits per heavy atom. The number of sulfonamides is 1. The zero-order valence-corrected chi connectivity index (χ0v) is 73.1. The Kier molecular flexibility index (Phi) is 37.1. The first-order valence-electron chi connectivity index (χ1n) is 42.6. The molecule has 1 N–H and O–H groups in total. The second kappa shape index (κ2) is 39.7. The average molecular weight is 1800 g/mol.